The zero-order chi connectivity index (χ0) is 7.28. The number of hydrogen-bond acceptors (Lipinski definition) is 2. The first-order chi connectivity index (χ1) is 4.29. The van der Waals surface area contributed by atoms with Gasteiger partial charge in [0.1, 0.15) is 0 Å². The van der Waals surface area contributed by atoms with Crippen molar-refractivity contribution >= 4 is 5.71 Å². The molecule has 0 aromatic carbocycles. The Bertz CT molecular complexity index is 88.9. The first kappa shape index (κ1) is 8.63. The summed E-state index contributed by atoms with van der Waals surface area (Å²) in [7, 11) is 2.04. The third kappa shape index (κ3) is 3.25. The van der Waals surface area contributed by atoms with Crippen molar-refractivity contribution in [2.75, 3.05) is 20.1 Å². The van der Waals surface area contributed by atoms with Crippen LogP contribution in [0.3, 0.4) is 0 Å². The molecule has 1 fully saturated rings. The zero-order valence-electron chi connectivity index (χ0n) is 6.57. The Morgan fingerprint density at radius 3 is 2.11 bits per heavy atom. The molecule has 0 aromatic heterocycles. The minimum Gasteiger partial charge on any atom is -0.308 e. The molecule has 0 spiro atoms. The summed E-state index contributed by atoms with van der Waals surface area (Å²) in [6.07, 6.45) is 0.983. The maximum Gasteiger partial charge on any atom is 0.0358 e. The summed E-state index contributed by atoms with van der Waals surface area (Å²) in [6.45, 7) is 5.97. The summed E-state index contributed by atoms with van der Waals surface area (Å²) in [6, 6.07) is 0. The normalized spacial score (nSPS) is 19.2. The molecular weight excluding hydrogens is 112 g/mol. The molecule has 1 saturated heterocycles. The third-order valence-electron chi connectivity index (χ3n) is 1.26. The van der Waals surface area contributed by atoms with Gasteiger partial charge in [0.15, 0.2) is 0 Å². The number of nitrogens with one attached hydrogen (secondary N) is 1. The molecule has 0 aromatic rings. The van der Waals surface area contributed by atoms with E-state index >= 15 is 0 Å². The molecule has 0 unspecified atom stereocenters. The van der Waals surface area contributed by atoms with E-state index in [4.69, 9.17) is 5.41 Å². The lowest BCUT2D eigenvalue weighted by Crippen LogP contribution is -2.13. The predicted octanol–water partition coefficient (Wildman–Crippen LogP) is 1.37. The average Bonchev–Trinajstić information content (AvgIpc) is 2.20. The highest BCUT2D eigenvalue weighted by Gasteiger charge is 2.10. The molecule has 54 valence electrons. The van der Waals surface area contributed by atoms with E-state index in [0.717, 1.165) is 25.2 Å². The third-order valence-corrected chi connectivity index (χ3v) is 1.26. The predicted molar refractivity (Wildman–Crippen MR) is 41.2 cm³/mol. The van der Waals surface area contributed by atoms with Crippen molar-refractivity contribution in [2.24, 2.45) is 0 Å². The van der Waals surface area contributed by atoms with Crippen LogP contribution in [-0.4, -0.2) is 30.7 Å². The number of nitrogens with zero attached hydrogens (tertiary/aromatic N) is 1. The Hall–Kier alpha value is -0.370. The monoisotopic (exact) mass is 128 g/mol. The molecule has 0 bridgehead atoms. The molecule has 0 radical (unpaired) electrons. The van der Waals surface area contributed by atoms with Crippen molar-refractivity contribution in [3.8, 4) is 0 Å². The lowest BCUT2D eigenvalue weighted by Gasteiger charge is -2.00. The van der Waals surface area contributed by atoms with Crippen LogP contribution in [0.5, 0.6) is 0 Å². The van der Waals surface area contributed by atoms with Gasteiger partial charge in [0.25, 0.3) is 0 Å². The minimum atomic E-state index is 0.877. The standard InChI is InChI=1S/C5H10N2.C2H6/c1-7-3-2-5(6)4-7;1-2/h6H,2-4H2,1H3;1-2H3. The highest BCUT2D eigenvalue weighted by atomic mass is 15.1. The van der Waals surface area contributed by atoms with E-state index in [1.807, 2.05) is 20.9 Å². The molecule has 1 aliphatic heterocycles. The zero-order valence-corrected chi connectivity index (χ0v) is 6.57. The van der Waals surface area contributed by atoms with E-state index in [2.05, 4.69) is 4.90 Å². The van der Waals surface area contributed by atoms with Crippen LogP contribution < -0.4 is 0 Å². The van der Waals surface area contributed by atoms with Gasteiger partial charge in [-0.3, -0.25) is 0 Å². The van der Waals surface area contributed by atoms with Crippen LogP contribution in [0.15, 0.2) is 0 Å². The number of hydrogen-bond donors (Lipinski definition) is 1. The Kier molecular flexibility index (Phi) is 4.32. The van der Waals surface area contributed by atoms with E-state index in [1.165, 1.54) is 0 Å². The fourth-order valence-corrected chi connectivity index (χ4v) is 0.810. The maximum atomic E-state index is 7.14. The van der Waals surface area contributed by atoms with Crippen LogP contribution in [0, 0.1) is 5.41 Å². The molecule has 1 aliphatic rings. The van der Waals surface area contributed by atoms with Gasteiger partial charge in [0, 0.05) is 18.8 Å². The van der Waals surface area contributed by atoms with Gasteiger partial charge in [-0.15, -0.1) is 0 Å². The molecular formula is C7H16N2. The van der Waals surface area contributed by atoms with Gasteiger partial charge in [-0.25, -0.2) is 0 Å². The first-order valence-corrected chi connectivity index (χ1v) is 3.54. The second-order valence-electron chi connectivity index (χ2n) is 2.09. The molecule has 1 rings (SSSR count). The summed E-state index contributed by atoms with van der Waals surface area (Å²) in [4.78, 5) is 2.16. The minimum absolute atomic E-state index is 0.877. The van der Waals surface area contributed by atoms with Crippen LogP contribution in [0.25, 0.3) is 0 Å². The van der Waals surface area contributed by atoms with Crippen molar-refractivity contribution in [3.05, 3.63) is 0 Å². The molecule has 2 nitrogen and oxygen atoms in total. The Morgan fingerprint density at radius 2 is 2.00 bits per heavy atom. The Morgan fingerprint density at radius 1 is 1.44 bits per heavy atom. The Balaban J connectivity index is 0.000000291. The molecule has 0 saturated carbocycles. The number of likely N-dealkylation sites (tertiary alicyclic amines) is 1. The highest BCUT2D eigenvalue weighted by molar-refractivity contribution is 5.85. The Labute approximate surface area is 57.4 Å². The van der Waals surface area contributed by atoms with Crippen LogP contribution in [0.1, 0.15) is 20.3 Å². The van der Waals surface area contributed by atoms with Crippen molar-refractivity contribution in [1.29, 1.82) is 5.41 Å². The molecule has 0 atom stereocenters. The topological polar surface area (TPSA) is 27.1 Å². The van der Waals surface area contributed by atoms with E-state index in [-0.39, 0.29) is 0 Å². The first-order valence-electron chi connectivity index (χ1n) is 3.54. The van der Waals surface area contributed by atoms with Gasteiger partial charge >= 0.3 is 0 Å². The molecule has 9 heavy (non-hydrogen) atoms. The van der Waals surface area contributed by atoms with Crippen molar-refractivity contribution in [1.82, 2.24) is 4.90 Å². The lowest BCUT2D eigenvalue weighted by molar-refractivity contribution is 0.428. The van der Waals surface area contributed by atoms with Crippen molar-refractivity contribution in [2.45, 2.75) is 20.3 Å². The van der Waals surface area contributed by atoms with Gasteiger partial charge in [0.05, 0.1) is 0 Å². The highest BCUT2D eigenvalue weighted by Crippen LogP contribution is 1.98. The van der Waals surface area contributed by atoms with Crippen LogP contribution in [0.4, 0.5) is 0 Å². The number of rotatable bonds is 0. The van der Waals surface area contributed by atoms with Gasteiger partial charge in [-0.1, -0.05) is 13.8 Å². The molecule has 1 heterocycles. The molecule has 0 aliphatic carbocycles. The van der Waals surface area contributed by atoms with Gasteiger partial charge in [-0.05, 0) is 13.5 Å². The van der Waals surface area contributed by atoms with Gasteiger partial charge in [0.2, 0.25) is 0 Å². The molecule has 0 amide bonds. The molecule has 1 N–H and O–H groups in total. The summed E-state index contributed by atoms with van der Waals surface area (Å²) in [5.74, 6) is 0. The fourth-order valence-electron chi connectivity index (χ4n) is 0.810. The smallest absolute Gasteiger partial charge is 0.0358 e. The quantitative estimate of drug-likeness (QED) is 0.524. The maximum absolute atomic E-state index is 7.14. The SMILES string of the molecule is CC.CN1CCC(=N)C1. The van der Waals surface area contributed by atoms with Crippen LogP contribution >= 0.6 is 0 Å². The van der Waals surface area contributed by atoms with Gasteiger partial charge < -0.3 is 10.3 Å². The van der Waals surface area contributed by atoms with Crippen molar-refractivity contribution < 1.29 is 0 Å². The summed E-state index contributed by atoms with van der Waals surface area (Å²) < 4.78 is 0. The van der Waals surface area contributed by atoms with E-state index in [1.54, 1.807) is 0 Å². The van der Waals surface area contributed by atoms with E-state index < -0.39 is 0 Å². The van der Waals surface area contributed by atoms with E-state index in [0.29, 0.717) is 0 Å². The van der Waals surface area contributed by atoms with Crippen molar-refractivity contribution in [3.63, 3.8) is 0 Å². The van der Waals surface area contributed by atoms with Crippen LogP contribution in [-0.2, 0) is 0 Å². The summed E-state index contributed by atoms with van der Waals surface area (Å²) in [5, 5.41) is 7.14. The van der Waals surface area contributed by atoms with Gasteiger partial charge in [-0.2, -0.15) is 0 Å². The van der Waals surface area contributed by atoms with E-state index in [9.17, 15) is 0 Å². The lowest BCUT2D eigenvalue weighted by atomic mass is 10.3. The largest absolute Gasteiger partial charge is 0.308 e. The second-order valence-corrected chi connectivity index (χ2v) is 2.09. The second kappa shape index (κ2) is 4.50. The summed E-state index contributed by atoms with van der Waals surface area (Å²) in [5.41, 5.74) is 0.877. The molecule has 2 heteroatoms. The fraction of sp³-hybridized carbons (Fsp3) is 0.857. The summed E-state index contributed by atoms with van der Waals surface area (Å²) >= 11 is 0. The average molecular weight is 128 g/mol. The van der Waals surface area contributed by atoms with Crippen LogP contribution in [0.2, 0.25) is 0 Å².